The second-order valence-corrected chi connectivity index (χ2v) is 8.26. The van der Waals surface area contributed by atoms with Crippen molar-refractivity contribution in [2.45, 2.75) is 44.3 Å². The highest BCUT2D eigenvalue weighted by Crippen LogP contribution is 2.48. The first-order valence-electron chi connectivity index (χ1n) is 7.80. The van der Waals surface area contributed by atoms with Crippen LogP contribution in [0, 0.1) is 0 Å². The van der Waals surface area contributed by atoms with Crippen LogP contribution in [0.25, 0.3) is 0 Å². The maximum Gasteiger partial charge on any atom is 0.472 e. The number of unbranched alkanes of at least 4 members (excludes halogenated alkanes) is 3. The summed E-state index contributed by atoms with van der Waals surface area (Å²) < 4.78 is 47.5. The van der Waals surface area contributed by atoms with Crippen LogP contribution < -0.4 is 5.73 Å². The standard InChI is InChI=1S/C12H27NO9P2/c1-18-23(14,15)21-10-12-11(6-9-19-12)22-24(16,17)20-8-5-3-2-4-7-13/h11-12H,2-10,13H2,1H3,(H,14,15)(H,16,17)/t11?,12-/m1/s1. The molecule has 0 aromatic heterocycles. The zero-order valence-corrected chi connectivity index (χ0v) is 15.5. The molecule has 12 heteroatoms. The molecule has 0 aromatic rings. The van der Waals surface area contributed by atoms with E-state index in [1.807, 2.05) is 0 Å². The molecule has 3 unspecified atom stereocenters. The summed E-state index contributed by atoms with van der Waals surface area (Å²) in [6.45, 7) is 0.700. The molecule has 4 N–H and O–H groups in total. The Hall–Kier alpha value is 0.140. The maximum absolute atomic E-state index is 11.9. The molecule has 0 aromatic carbocycles. The summed E-state index contributed by atoms with van der Waals surface area (Å²) in [4.78, 5) is 18.9. The molecule has 1 rings (SSSR count). The summed E-state index contributed by atoms with van der Waals surface area (Å²) in [5.41, 5.74) is 5.38. The minimum absolute atomic E-state index is 0.0998. The summed E-state index contributed by atoms with van der Waals surface area (Å²) in [5, 5.41) is 0. The fraction of sp³-hybridized carbons (Fsp3) is 1.00. The maximum atomic E-state index is 11.9. The molecule has 1 aliphatic rings. The van der Waals surface area contributed by atoms with Gasteiger partial charge in [0, 0.05) is 20.1 Å². The lowest BCUT2D eigenvalue weighted by Gasteiger charge is -2.22. The smallest absolute Gasteiger partial charge is 0.373 e. The Morgan fingerprint density at radius 1 is 1.12 bits per heavy atom. The molecule has 0 bridgehead atoms. The highest BCUT2D eigenvalue weighted by molar-refractivity contribution is 7.47. The Morgan fingerprint density at radius 3 is 2.50 bits per heavy atom. The second-order valence-electron chi connectivity index (χ2n) is 5.29. The van der Waals surface area contributed by atoms with Crippen LogP contribution in [0.4, 0.5) is 0 Å². The monoisotopic (exact) mass is 391 g/mol. The summed E-state index contributed by atoms with van der Waals surface area (Å²) in [5.74, 6) is 0. The summed E-state index contributed by atoms with van der Waals surface area (Å²) in [6.07, 6.45) is 2.15. The fourth-order valence-electron chi connectivity index (χ4n) is 2.11. The Kier molecular flexibility index (Phi) is 10.1. The van der Waals surface area contributed by atoms with Gasteiger partial charge in [-0.15, -0.1) is 0 Å². The number of phosphoric acid groups is 2. The van der Waals surface area contributed by atoms with Crippen molar-refractivity contribution in [1.29, 1.82) is 0 Å². The SMILES string of the molecule is COP(=O)(O)OC[C@H]1OCCC1OP(=O)(O)OCCCCCCN. The lowest BCUT2D eigenvalue weighted by atomic mass is 10.2. The zero-order valence-electron chi connectivity index (χ0n) is 13.7. The summed E-state index contributed by atoms with van der Waals surface area (Å²) in [6, 6.07) is 0. The molecule has 4 atom stereocenters. The van der Waals surface area contributed by atoms with Gasteiger partial charge in [-0.05, 0) is 19.4 Å². The minimum atomic E-state index is -4.23. The zero-order chi connectivity index (χ0) is 18.1. The Labute approximate surface area is 141 Å². The second kappa shape index (κ2) is 11.0. The average molecular weight is 391 g/mol. The number of phosphoric ester groups is 2. The molecule has 0 radical (unpaired) electrons. The van der Waals surface area contributed by atoms with E-state index in [4.69, 9.17) is 24.0 Å². The van der Waals surface area contributed by atoms with E-state index in [2.05, 4.69) is 4.52 Å². The number of nitrogens with two attached hydrogens (primary N) is 1. The third kappa shape index (κ3) is 9.01. The predicted octanol–water partition coefficient (Wildman–Crippen LogP) is 1.56. The fourth-order valence-corrected chi connectivity index (χ4v) is 3.55. The van der Waals surface area contributed by atoms with Gasteiger partial charge in [-0.2, -0.15) is 0 Å². The van der Waals surface area contributed by atoms with Crippen LogP contribution in [-0.2, 0) is 32.0 Å². The van der Waals surface area contributed by atoms with Crippen molar-refractivity contribution in [3.63, 3.8) is 0 Å². The molecule has 144 valence electrons. The number of hydrogen-bond donors (Lipinski definition) is 3. The van der Waals surface area contributed by atoms with Crippen LogP contribution in [-0.4, -0.2) is 55.5 Å². The molecular formula is C12H27NO9P2. The largest absolute Gasteiger partial charge is 0.472 e. The number of rotatable bonds is 13. The first-order chi connectivity index (χ1) is 11.3. The van der Waals surface area contributed by atoms with Gasteiger partial charge in [-0.25, -0.2) is 9.13 Å². The number of ether oxygens (including phenoxy) is 1. The molecule has 1 heterocycles. The molecule has 0 amide bonds. The van der Waals surface area contributed by atoms with Crippen LogP contribution in [0.2, 0.25) is 0 Å². The van der Waals surface area contributed by atoms with E-state index in [0.29, 0.717) is 19.4 Å². The molecule has 1 aliphatic heterocycles. The van der Waals surface area contributed by atoms with E-state index in [0.717, 1.165) is 26.4 Å². The van der Waals surface area contributed by atoms with Crippen molar-refractivity contribution in [2.24, 2.45) is 5.73 Å². The molecule has 10 nitrogen and oxygen atoms in total. The molecule has 0 aliphatic carbocycles. The molecule has 0 saturated carbocycles. The van der Waals surface area contributed by atoms with Gasteiger partial charge in [0.25, 0.3) is 0 Å². The minimum Gasteiger partial charge on any atom is -0.373 e. The van der Waals surface area contributed by atoms with E-state index in [1.54, 1.807) is 0 Å². The van der Waals surface area contributed by atoms with Crippen molar-refractivity contribution in [2.75, 3.05) is 33.5 Å². The van der Waals surface area contributed by atoms with Gasteiger partial charge in [0.1, 0.15) is 12.2 Å². The van der Waals surface area contributed by atoms with Crippen LogP contribution in [0.15, 0.2) is 0 Å². The molecular weight excluding hydrogens is 364 g/mol. The van der Waals surface area contributed by atoms with Gasteiger partial charge in [0.15, 0.2) is 0 Å². The van der Waals surface area contributed by atoms with Gasteiger partial charge in [-0.3, -0.25) is 18.1 Å². The van der Waals surface area contributed by atoms with Crippen molar-refractivity contribution >= 4 is 15.6 Å². The van der Waals surface area contributed by atoms with Crippen LogP contribution >= 0.6 is 15.6 Å². The number of hydrogen-bond acceptors (Lipinski definition) is 8. The molecule has 24 heavy (non-hydrogen) atoms. The third-order valence-corrected chi connectivity index (χ3v) is 5.39. The van der Waals surface area contributed by atoms with Crippen molar-refractivity contribution in [3.05, 3.63) is 0 Å². The quantitative estimate of drug-likeness (QED) is 0.312. The van der Waals surface area contributed by atoms with Gasteiger partial charge in [-0.1, -0.05) is 12.8 Å². The van der Waals surface area contributed by atoms with E-state index >= 15 is 0 Å². The van der Waals surface area contributed by atoms with Gasteiger partial charge < -0.3 is 20.3 Å². The third-order valence-electron chi connectivity index (χ3n) is 3.40. The van der Waals surface area contributed by atoms with Crippen molar-refractivity contribution < 1.29 is 41.7 Å². The highest BCUT2D eigenvalue weighted by Gasteiger charge is 2.37. The van der Waals surface area contributed by atoms with Crippen LogP contribution in [0.5, 0.6) is 0 Å². The van der Waals surface area contributed by atoms with Crippen LogP contribution in [0.1, 0.15) is 32.1 Å². The molecule has 0 spiro atoms. The van der Waals surface area contributed by atoms with Gasteiger partial charge in [0.2, 0.25) is 0 Å². The van der Waals surface area contributed by atoms with Crippen LogP contribution in [0.3, 0.4) is 0 Å². The molecule has 1 fully saturated rings. The van der Waals surface area contributed by atoms with Crippen molar-refractivity contribution in [3.8, 4) is 0 Å². The first-order valence-corrected chi connectivity index (χ1v) is 10.8. The van der Waals surface area contributed by atoms with E-state index in [1.165, 1.54) is 0 Å². The Morgan fingerprint density at radius 2 is 1.83 bits per heavy atom. The van der Waals surface area contributed by atoms with E-state index < -0.39 is 27.9 Å². The Balaban J connectivity index is 2.33. The lowest BCUT2D eigenvalue weighted by Crippen LogP contribution is -2.28. The van der Waals surface area contributed by atoms with Crippen molar-refractivity contribution in [1.82, 2.24) is 0 Å². The predicted molar refractivity (Wildman–Crippen MR) is 85.3 cm³/mol. The normalized spacial score (nSPS) is 26.2. The van der Waals surface area contributed by atoms with Gasteiger partial charge >= 0.3 is 15.6 Å². The average Bonchev–Trinajstić information content (AvgIpc) is 2.95. The topological polar surface area (TPSA) is 147 Å². The lowest BCUT2D eigenvalue weighted by molar-refractivity contribution is -0.00198. The first kappa shape index (κ1) is 22.2. The Bertz CT molecular complexity index is 450. The summed E-state index contributed by atoms with van der Waals surface area (Å²) >= 11 is 0. The highest BCUT2D eigenvalue weighted by atomic mass is 31.2. The summed E-state index contributed by atoms with van der Waals surface area (Å²) in [7, 11) is -7.34. The van der Waals surface area contributed by atoms with E-state index in [9.17, 15) is 18.9 Å². The van der Waals surface area contributed by atoms with E-state index in [-0.39, 0.29) is 19.8 Å². The van der Waals surface area contributed by atoms with Gasteiger partial charge in [0.05, 0.1) is 13.2 Å². The molecule has 1 saturated heterocycles.